The molecular formula is C14H24ClN5O. The first-order chi connectivity index (χ1) is 9.97. The summed E-state index contributed by atoms with van der Waals surface area (Å²) in [5.74, 6) is 1.05. The molecule has 21 heavy (non-hydrogen) atoms. The van der Waals surface area contributed by atoms with Crippen molar-refractivity contribution in [2.45, 2.75) is 40.2 Å². The van der Waals surface area contributed by atoms with Crippen molar-refractivity contribution in [1.82, 2.24) is 15.3 Å². The number of nitrogens with zero attached hydrogens (tertiary/aromatic N) is 3. The summed E-state index contributed by atoms with van der Waals surface area (Å²) in [7, 11) is 0. The van der Waals surface area contributed by atoms with Crippen LogP contribution in [0.2, 0.25) is 5.02 Å². The van der Waals surface area contributed by atoms with E-state index in [1.165, 1.54) is 0 Å². The maximum absolute atomic E-state index is 11.9. The second kappa shape index (κ2) is 8.67. The Bertz CT molecular complexity index is 467. The highest BCUT2D eigenvalue weighted by molar-refractivity contribution is 6.32. The van der Waals surface area contributed by atoms with E-state index in [-0.39, 0.29) is 18.5 Å². The minimum atomic E-state index is -0.0513. The van der Waals surface area contributed by atoms with E-state index in [2.05, 4.69) is 27.5 Å². The summed E-state index contributed by atoms with van der Waals surface area (Å²) >= 11 is 6.17. The van der Waals surface area contributed by atoms with Crippen LogP contribution in [0, 0.1) is 0 Å². The predicted molar refractivity (Wildman–Crippen MR) is 87.0 cm³/mol. The number of carbonyl (C=O) groups is 1. The van der Waals surface area contributed by atoms with E-state index in [0.717, 1.165) is 13.0 Å². The number of anilines is 2. The summed E-state index contributed by atoms with van der Waals surface area (Å²) in [6, 6.07) is 0.110. The molecule has 0 aromatic carbocycles. The Labute approximate surface area is 131 Å². The van der Waals surface area contributed by atoms with Crippen LogP contribution < -0.4 is 15.5 Å². The van der Waals surface area contributed by atoms with Gasteiger partial charge in [0, 0.05) is 19.1 Å². The van der Waals surface area contributed by atoms with E-state index in [0.29, 0.717) is 23.3 Å². The molecule has 6 nitrogen and oxygen atoms in total. The van der Waals surface area contributed by atoms with E-state index in [1.54, 1.807) is 6.20 Å². The molecule has 0 radical (unpaired) electrons. The standard InChI is InChI=1S/C14H24ClN5O/c1-5-7-16-14-17-8-11(15)13(19-14)20(6-2)9-12(21)18-10(3)4/h8,10H,5-7,9H2,1-4H3,(H,18,21)(H,16,17,19). The van der Waals surface area contributed by atoms with Crippen LogP contribution in [0.15, 0.2) is 6.20 Å². The molecule has 1 heterocycles. The Balaban J connectivity index is 2.85. The third kappa shape index (κ3) is 5.75. The summed E-state index contributed by atoms with van der Waals surface area (Å²) in [6.07, 6.45) is 2.54. The molecular weight excluding hydrogens is 290 g/mol. The van der Waals surface area contributed by atoms with Gasteiger partial charge in [-0.1, -0.05) is 18.5 Å². The first-order valence-corrected chi connectivity index (χ1v) is 7.66. The fraction of sp³-hybridized carbons (Fsp3) is 0.643. The lowest BCUT2D eigenvalue weighted by Gasteiger charge is -2.23. The van der Waals surface area contributed by atoms with Gasteiger partial charge in [0.25, 0.3) is 0 Å². The molecule has 0 fully saturated rings. The fourth-order valence-electron chi connectivity index (χ4n) is 1.78. The lowest BCUT2D eigenvalue weighted by Crippen LogP contribution is -2.40. The average molecular weight is 314 g/mol. The maximum atomic E-state index is 11.9. The Morgan fingerprint density at radius 2 is 2.14 bits per heavy atom. The molecule has 1 aromatic rings. The molecule has 118 valence electrons. The van der Waals surface area contributed by atoms with Crippen molar-refractivity contribution in [3.8, 4) is 0 Å². The third-order valence-corrected chi connectivity index (χ3v) is 2.99. The highest BCUT2D eigenvalue weighted by atomic mass is 35.5. The van der Waals surface area contributed by atoms with Crippen LogP contribution in [0.3, 0.4) is 0 Å². The van der Waals surface area contributed by atoms with Gasteiger partial charge < -0.3 is 15.5 Å². The van der Waals surface area contributed by atoms with Crippen molar-refractivity contribution >= 4 is 29.3 Å². The summed E-state index contributed by atoms with van der Waals surface area (Å²) in [6.45, 7) is 9.53. The van der Waals surface area contributed by atoms with Gasteiger partial charge in [0.15, 0.2) is 5.82 Å². The molecule has 0 aliphatic rings. The van der Waals surface area contributed by atoms with Crippen molar-refractivity contribution in [2.75, 3.05) is 29.9 Å². The van der Waals surface area contributed by atoms with Gasteiger partial charge in [0.1, 0.15) is 5.02 Å². The Hall–Kier alpha value is -1.56. The minimum Gasteiger partial charge on any atom is -0.354 e. The maximum Gasteiger partial charge on any atom is 0.239 e. The second-order valence-electron chi connectivity index (χ2n) is 5.03. The number of hydrogen-bond acceptors (Lipinski definition) is 5. The van der Waals surface area contributed by atoms with Gasteiger partial charge in [0.05, 0.1) is 12.7 Å². The van der Waals surface area contributed by atoms with Gasteiger partial charge in [0.2, 0.25) is 11.9 Å². The monoisotopic (exact) mass is 313 g/mol. The Morgan fingerprint density at radius 3 is 2.71 bits per heavy atom. The van der Waals surface area contributed by atoms with Crippen LogP contribution in [0.25, 0.3) is 0 Å². The zero-order valence-electron chi connectivity index (χ0n) is 13.1. The Kier molecular flexibility index (Phi) is 7.22. The number of carbonyl (C=O) groups excluding carboxylic acids is 1. The summed E-state index contributed by atoms with van der Waals surface area (Å²) in [4.78, 5) is 22.3. The number of likely N-dealkylation sites (N-methyl/N-ethyl adjacent to an activating group) is 1. The molecule has 1 aromatic heterocycles. The van der Waals surface area contributed by atoms with Gasteiger partial charge in [-0.25, -0.2) is 4.98 Å². The smallest absolute Gasteiger partial charge is 0.239 e. The largest absolute Gasteiger partial charge is 0.354 e. The molecule has 1 amide bonds. The molecule has 0 saturated heterocycles. The zero-order chi connectivity index (χ0) is 15.8. The summed E-state index contributed by atoms with van der Waals surface area (Å²) in [5, 5.41) is 6.42. The third-order valence-electron chi connectivity index (χ3n) is 2.72. The molecule has 0 unspecified atom stereocenters. The molecule has 1 rings (SSSR count). The molecule has 0 atom stereocenters. The molecule has 0 saturated carbocycles. The van der Waals surface area contributed by atoms with E-state index >= 15 is 0 Å². The number of aromatic nitrogens is 2. The minimum absolute atomic E-state index is 0.0513. The van der Waals surface area contributed by atoms with Gasteiger partial charge in [-0.2, -0.15) is 4.98 Å². The topological polar surface area (TPSA) is 70.2 Å². The molecule has 0 aliphatic heterocycles. The molecule has 0 aliphatic carbocycles. The van der Waals surface area contributed by atoms with Crippen LogP contribution in [-0.2, 0) is 4.79 Å². The second-order valence-corrected chi connectivity index (χ2v) is 5.44. The van der Waals surface area contributed by atoms with Crippen LogP contribution in [-0.4, -0.2) is 41.6 Å². The van der Waals surface area contributed by atoms with Gasteiger partial charge >= 0.3 is 0 Å². The quantitative estimate of drug-likeness (QED) is 0.770. The molecule has 0 spiro atoms. The van der Waals surface area contributed by atoms with Crippen LogP contribution >= 0.6 is 11.6 Å². The van der Waals surface area contributed by atoms with Gasteiger partial charge in [-0.3, -0.25) is 4.79 Å². The van der Waals surface area contributed by atoms with Crippen molar-refractivity contribution in [1.29, 1.82) is 0 Å². The van der Waals surface area contributed by atoms with Crippen LogP contribution in [0.4, 0.5) is 11.8 Å². The fourth-order valence-corrected chi connectivity index (χ4v) is 1.99. The van der Waals surface area contributed by atoms with Gasteiger partial charge in [-0.05, 0) is 27.2 Å². The lowest BCUT2D eigenvalue weighted by molar-refractivity contribution is -0.120. The van der Waals surface area contributed by atoms with Crippen molar-refractivity contribution in [2.24, 2.45) is 0 Å². The lowest BCUT2D eigenvalue weighted by atomic mass is 10.3. The van der Waals surface area contributed by atoms with E-state index in [1.807, 2.05) is 25.7 Å². The van der Waals surface area contributed by atoms with Crippen molar-refractivity contribution in [3.05, 3.63) is 11.2 Å². The van der Waals surface area contributed by atoms with Gasteiger partial charge in [-0.15, -0.1) is 0 Å². The highest BCUT2D eigenvalue weighted by Gasteiger charge is 2.16. The average Bonchev–Trinajstić information content (AvgIpc) is 2.43. The number of amides is 1. The van der Waals surface area contributed by atoms with Crippen molar-refractivity contribution < 1.29 is 4.79 Å². The number of hydrogen-bond donors (Lipinski definition) is 2. The predicted octanol–water partition coefficient (Wildman–Crippen LogP) is 2.30. The zero-order valence-corrected chi connectivity index (χ0v) is 13.9. The van der Waals surface area contributed by atoms with Crippen LogP contribution in [0.5, 0.6) is 0 Å². The number of halogens is 1. The summed E-state index contributed by atoms with van der Waals surface area (Å²) < 4.78 is 0. The SMILES string of the molecule is CCCNc1ncc(Cl)c(N(CC)CC(=O)NC(C)C)n1. The van der Waals surface area contributed by atoms with E-state index in [4.69, 9.17) is 11.6 Å². The summed E-state index contributed by atoms with van der Waals surface area (Å²) in [5.41, 5.74) is 0. The van der Waals surface area contributed by atoms with E-state index in [9.17, 15) is 4.79 Å². The first kappa shape index (κ1) is 17.5. The first-order valence-electron chi connectivity index (χ1n) is 7.28. The van der Waals surface area contributed by atoms with Crippen molar-refractivity contribution in [3.63, 3.8) is 0 Å². The molecule has 2 N–H and O–H groups in total. The molecule has 7 heteroatoms. The normalized spacial score (nSPS) is 10.6. The highest BCUT2D eigenvalue weighted by Crippen LogP contribution is 2.23. The number of rotatable bonds is 8. The number of nitrogens with one attached hydrogen (secondary N) is 2. The Morgan fingerprint density at radius 1 is 1.43 bits per heavy atom. The molecule has 0 bridgehead atoms. The van der Waals surface area contributed by atoms with Crippen LogP contribution in [0.1, 0.15) is 34.1 Å². The van der Waals surface area contributed by atoms with E-state index < -0.39 is 0 Å².